The van der Waals surface area contributed by atoms with Gasteiger partial charge in [-0.15, -0.1) is 0 Å². The molecule has 116 valence electrons. The third kappa shape index (κ3) is 3.35. The van der Waals surface area contributed by atoms with E-state index in [2.05, 4.69) is 10.1 Å². The number of nitrogens with one attached hydrogen (secondary N) is 1. The summed E-state index contributed by atoms with van der Waals surface area (Å²) in [5.41, 5.74) is 1.71. The lowest BCUT2D eigenvalue weighted by atomic mass is 10.0. The van der Waals surface area contributed by atoms with Crippen molar-refractivity contribution >= 4 is 25.4 Å². The molecule has 0 bridgehead atoms. The molecule has 1 fully saturated rings. The van der Waals surface area contributed by atoms with Crippen LogP contribution in [0.5, 0.6) is 0 Å². The maximum atomic E-state index is 12.7. The first-order chi connectivity index (χ1) is 11.2. The highest BCUT2D eigenvalue weighted by Gasteiger charge is 2.28. The summed E-state index contributed by atoms with van der Waals surface area (Å²) in [6, 6.07) is 16.2. The zero-order valence-corrected chi connectivity index (χ0v) is 13.2. The molecule has 0 spiro atoms. The van der Waals surface area contributed by atoms with E-state index in [0.29, 0.717) is 16.8 Å². The SMILES string of the molecule is BN1CCC[C@@H]1C(=O)Nc1ccccc1C(=O)c1ccccc1. The van der Waals surface area contributed by atoms with Crippen LogP contribution in [0.2, 0.25) is 0 Å². The van der Waals surface area contributed by atoms with Crippen LogP contribution in [0.1, 0.15) is 28.8 Å². The molecule has 1 aliphatic heterocycles. The Morgan fingerprint density at radius 2 is 1.74 bits per heavy atom. The summed E-state index contributed by atoms with van der Waals surface area (Å²) in [4.78, 5) is 27.2. The fraction of sp³-hybridized carbons (Fsp3) is 0.222. The average molecular weight is 306 g/mol. The second-order valence-electron chi connectivity index (χ2n) is 5.87. The molecule has 1 aliphatic rings. The van der Waals surface area contributed by atoms with E-state index < -0.39 is 0 Å². The topological polar surface area (TPSA) is 49.4 Å². The van der Waals surface area contributed by atoms with Gasteiger partial charge in [-0.05, 0) is 31.5 Å². The summed E-state index contributed by atoms with van der Waals surface area (Å²) in [6.45, 7) is 0.933. The number of ketones is 1. The van der Waals surface area contributed by atoms with Gasteiger partial charge in [-0.25, -0.2) is 0 Å². The first-order valence-electron chi connectivity index (χ1n) is 7.86. The van der Waals surface area contributed by atoms with Gasteiger partial charge in [-0.1, -0.05) is 42.5 Å². The maximum absolute atomic E-state index is 12.7. The minimum absolute atomic E-state index is 0.0432. The van der Waals surface area contributed by atoms with Gasteiger partial charge in [0.25, 0.3) is 0 Å². The van der Waals surface area contributed by atoms with E-state index in [-0.39, 0.29) is 17.7 Å². The summed E-state index contributed by atoms with van der Waals surface area (Å²) < 4.78 is 0. The molecule has 4 nitrogen and oxygen atoms in total. The summed E-state index contributed by atoms with van der Waals surface area (Å²) in [5, 5.41) is 2.93. The van der Waals surface area contributed by atoms with Crippen LogP contribution in [0.15, 0.2) is 54.6 Å². The van der Waals surface area contributed by atoms with E-state index in [1.54, 1.807) is 24.3 Å². The van der Waals surface area contributed by atoms with Gasteiger partial charge in [0.15, 0.2) is 13.8 Å². The van der Waals surface area contributed by atoms with Crippen molar-refractivity contribution in [3.05, 3.63) is 65.7 Å². The number of amides is 1. The number of rotatable bonds is 4. The molecule has 2 aromatic carbocycles. The smallest absolute Gasteiger partial charge is 0.240 e. The van der Waals surface area contributed by atoms with E-state index in [1.807, 2.05) is 38.3 Å². The number of para-hydroxylation sites is 1. The Kier molecular flexibility index (Phi) is 4.58. The van der Waals surface area contributed by atoms with Crippen molar-refractivity contribution in [3.8, 4) is 0 Å². The second kappa shape index (κ2) is 6.79. The molecular formula is C18H19BN2O2. The van der Waals surface area contributed by atoms with Gasteiger partial charge in [0, 0.05) is 11.1 Å². The summed E-state index contributed by atoms with van der Waals surface area (Å²) in [7, 11) is 1.96. The van der Waals surface area contributed by atoms with E-state index in [4.69, 9.17) is 0 Å². The van der Waals surface area contributed by atoms with Crippen LogP contribution in [0, 0.1) is 0 Å². The number of benzene rings is 2. The van der Waals surface area contributed by atoms with Crippen molar-refractivity contribution in [2.75, 3.05) is 11.9 Å². The number of carbonyl (C=O) groups is 2. The molecule has 2 aromatic rings. The lowest BCUT2D eigenvalue weighted by Crippen LogP contribution is -2.38. The van der Waals surface area contributed by atoms with Crippen LogP contribution in [0.3, 0.4) is 0 Å². The number of anilines is 1. The predicted octanol–water partition coefficient (Wildman–Crippen LogP) is 1.87. The Bertz CT molecular complexity index is 718. The van der Waals surface area contributed by atoms with Gasteiger partial charge < -0.3 is 10.1 Å². The minimum atomic E-state index is -0.116. The number of nitrogens with zero attached hydrogens (tertiary/aromatic N) is 1. The largest absolute Gasteiger partial charge is 0.339 e. The summed E-state index contributed by atoms with van der Waals surface area (Å²) >= 11 is 0. The Balaban J connectivity index is 1.84. The monoisotopic (exact) mass is 306 g/mol. The molecule has 1 heterocycles. The van der Waals surface area contributed by atoms with Crippen LogP contribution in [-0.4, -0.2) is 37.1 Å². The third-order valence-corrected chi connectivity index (χ3v) is 4.29. The highest BCUT2D eigenvalue weighted by Crippen LogP contribution is 2.22. The lowest BCUT2D eigenvalue weighted by molar-refractivity contribution is -0.119. The Hall–Kier alpha value is -2.40. The number of hydrogen-bond donors (Lipinski definition) is 1. The maximum Gasteiger partial charge on any atom is 0.240 e. The molecule has 1 amide bonds. The lowest BCUT2D eigenvalue weighted by Gasteiger charge is -2.20. The third-order valence-electron chi connectivity index (χ3n) is 4.29. The van der Waals surface area contributed by atoms with E-state index in [1.165, 1.54) is 0 Å². The van der Waals surface area contributed by atoms with Crippen molar-refractivity contribution in [1.29, 1.82) is 0 Å². The van der Waals surface area contributed by atoms with E-state index in [9.17, 15) is 9.59 Å². The van der Waals surface area contributed by atoms with Gasteiger partial charge in [0.1, 0.15) is 0 Å². The first-order valence-corrected chi connectivity index (χ1v) is 7.86. The van der Waals surface area contributed by atoms with Crippen molar-refractivity contribution in [2.24, 2.45) is 0 Å². The van der Waals surface area contributed by atoms with Crippen molar-refractivity contribution in [3.63, 3.8) is 0 Å². The van der Waals surface area contributed by atoms with Crippen molar-refractivity contribution < 1.29 is 9.59 Å². The van der Waals surface area contributed by atoms with Gasteiger partial charge in [0.05, 0.1) is 11.7 Å². The molecule has 1 saturated heterocycles. The van der Waals surface area contributed by atoms with Crippen LogP contribution < -0.4 is 5.32 Å². The first kappa shape index (κ1) is 15.5. The molecule has 1 atom stereocenters. The molecule has 0 aliphatic carbocycles. The normalized spacial score (nSPS) is 17.8. The molecule has 0 radical (unpaired) electrons. The van der Waals surface area contributed by atoms with E-state index in [0.717, 1.165) is 19.4 Å². The molecular weight excluding hydrogens is 287 g/mol. The molecule has 1 N–H and O–H groups in total. The predicted molar refractivity (Wildman–Crippen MR) is 93.2 cm³/mol. The Morgan fingerprint density at radius 1 is 1.04 bits per heavy atom. The fourth-order valence-corrected chi connectivity index (χ4v) is 2.99. The average Bonchev–Trinajstić information content (AvgIpc) is 3.02. The molecule has 0 saturated carbocycles. The minimum Gasteiger partial charge on any atom is -0.339 e. The second-order valence-corrected chi connectivity index (χ2v) is 5.87. The molecule has 23 heavy (non-hydrogen) atoms. The summed E-state index contributed by atoms with van der Waals surface area (Å²) in [6.07, 6.45) is 1.89. The standard InChI is InChI=1S/C18H19BN2O2/c19-21-12-6-11-16(21)18(23)20-15-10-5-4-9-14(15)17(22)13-7-2-1-3-8-13/h1-5,7-10,16H,6,11-12,19H2,(H,20,23)/t16-/m1/s1. The molecule has 5 heteroatoms. The zero-order valence-electron chi connectivity index (χ0n) is 13.2. The zero-order chi connectivity index (χ0) is 16.2. The Labute approximate surface area is 136 Å². The Morgan fingerprint density at radius 3 is 2.43 bits per heavy atom. The fourth-order valence-electron chi connectivity index (χ4n) is 2.99. The van der Waals surface area contributed by atoms with Gasteiger partial charge >= 0.3 is 0 Å². The summed E-state index contributed by atoms with van der Waals surface area (Å²) in [5.74, 6) is -0.125. The van der Waals surface area contributed by atoms with Gasteiger partial charge in [0.2, 0.25) is 5.91 Å². The van der Waals surface area contributed by atoms with Crippen LogP contribution in [0.4, 0.5) is 5.69 Å². The number of carbonyl (C=O) groups excluding carboxylic acids is 2. The molecule has 0 aromatic heterocycles. The van der Waals surface area contributed by atoms with Crippen LogP contribution >= 0.6 is 0 Å². The van der Waals surface area contributed by atoms with Crippen molar-refractivity contribution in [1.82, 2.24) is 4.81 Å². The van der Waals surface area contributed by atoms with Crippen LogP contribution in [0.25, 0.3) is 0 Å². The quantitative estimate of drug-likeness (QED) is 0.693. The van der Waals surface area contributed by atoms with Crippen LogP contribution in [-0.2, 0) is 4.79 Å². The van der Waals surface area contributed by atoms with Gasteiger partial charge in [-0.2, -0.15) is 0 Å². The van der Waals surface area contributed by atoms with Crippen molar-refractivity contribution in [2.45, 2.75) is 18.9 Å². The number of hydrogen-bond acceptors (Lipinski definition) is 3. The molecule has 0 unspecified atom stereocenters. The van der Waals surface area contributed by atoms with E-state index >= 15 is 0 Å². The highest BCUT2D eigenvalue weighted by molar-refractivity contribution is 6.14. The molecule has 3 rings (SSSR count). The highest BCUT2D eigenvalue weighted by atomic mass is 16.2. The van der Waals surface area contributed by atoms with Gasteiger partial charge in [-0.3, -0.25) is 9.59 Å².